The van der Waals surface area contributed by atoms with E-state index in [4.69, 9.17) is 0 Å². The highest BCUT2D eigenvalue weighted by Crippen LogP contribution is 2.20. The van der Waals surface area contributed by atoms with Crippen LogP contribution in [0.15, 0.2) is 54.6 Å². The summed E-state index contributed by atoms with van der Waals surface area (Å²) in [5.41, 5.74) is 3.35. The molecule has 0 aliphatic rings. The van der Waals surface area contributed by atoms with Crippen LogP contribution in [0.25, 0.3) is 22.2 Å². The standard InChI is InChI=1S/C16H10NO/c18-11-12-5-7-14(8-6-12)16-10-9-13-3-1-2-4-15(13)17-16/h1-7,9-11H. The summed E-state index contributed by atoms with van der Waals surface area (Å²) < 4.78 is 0. The number of aromatic nitrogens is 1. The van der Waals surface area contributed by atoms with E-state index in [1.54, 1.807) is 12.1 Å². The molecule has 3 aromatic rings. The highest BCUT2D eigenvalue weighted by atomic mass is 16.1. The highest BCUT2D eigenvalue weighted by Gasteiger charge is 2.01. The van der Waals surface area contributed by atoms with Crippen molar-refractivity contribution in [1.82, 2.24) is 4.98 Å². The molecule has 3 rings (SSSR count). The van der Waals surface area contributed by atoms with Gasteiger partial charge in [0.2, 0.25) is 0 Å². The van der Waals surface area contributed by atoms with Crippen molar-refractivity contribution in [1.29, 1.82) is 0 Å². The van der Waals surface area contributed by atoms with E-state index in [-0.39, 0.29) is 0 Å². The van der Waals surface area contributed by atoms with E-state index in [9.17, 15) is 4.79 Å². The topological polar surface area (TPSA) is 30.0 Å². The van der Waals surface area contributed by atoms with Gasteiger partial charge in [0.1, 0.15) is 6.29 Å². The SMILES string of the molecule is O=Cc1c[c]c(-c2ccc3ccccc3n2)cc1. The minimum absolute atomic E-state index is 0.625. The molecule has 0 spiro atoms. The molecule has 0 amide bonds. The number of carbonyl (C=O) groups is 1. The summed E-state index contributed by atoms with van der Waals surface area (Å²) in [6.45, 7) is 0. The highest BCUT2D eigenvalue weighted by molar-refractivity contribution is 5.82. The van der Waals surface area contributed by atoms with Gasteiger partial charge in [0.25, 0.3) is 0 Å². The number of hydrogen-bond acceptors (Lipinski definition) is 2. The average molecular weight is 232 g/mol. The normalized spacial score (nSPS) is 10.4. The second-order valence-electron chi connectivity index (χ2n) is 4.04. The molecule has 0 aliphatic heterocycles. The lowest BCUT2D eigenvalue weighted by atomic mass is 10.1. The first-order valence-corrected chi connectivity index (χ1v) is 5.70. The minimum Gasteiger partial charge on any atom is -0.298 e. The van der Waals surface area contributed by atoms with Crippen LogP contribution >= 0.6 is 0 Å². The van der Waals surface area contributed by atoms with Gasteiger partial charge in [0, 0.05) is 16.5 Å². The van der Waals surface area contributed by atoms with Crippen LogP contribution in [0.3, 0.4) is 0 Å². The summed E-state index contributed by atoms with van der Waals surface area (Å²) in [7, 11) is 0. The monoisotopic (exact) mass is 232 g/mol. The van der Waals surface area contributed by atoms with E-state index in [1.165, 1.54) is 0 Å². The molecule has 0 saturated heterocycles. The number of fused-ring (bicyclic) bond motifs is 1. The Labute approximate surface area is 105 Å². The molecule has 0 aliphatic carbocycles. The van der Waals surface area contributed by atoms with Crippen LogP contribution in [-0.4, -0.2) is 11.3 Å². The third-order valence-corrected chi connectivity index (χ3v) is 2.85. The Morgan fingerprint density at radius 2 is 1.89 bits per heavy atom. The van der Waals surface area contributed by atoms with Crippen LogP contribution in [0, 0.1) is 6.07 Å². The smallest absolute Gasteiger partial charge is 0.150 e. The molecule has 0 fully saturated rings. The maximum absolute atomic E-state index is 10.6. The first-order valence-electron chi connectivity index (χ1n) is 5.70. The van der Waals surface area contributed by atoms with E-state index in [0.717, 1.165) is 28.4 Å². The van der Waals surface area contributed by atoms with Crippen molar-refractivity contribution in [3.63, 3.8) is 0 Å². The van der Waals surface area contributed by atoms with Gasteiger partial charge in [-0.3, -0.25) is 4.79 Å². The molecule has 0 N–H and O–H groups in total. The van der Waals surface area contributed by atoms with Gasteiger partial charge in [-0.15, -0.1) is 0 Å². The van der Waals surface area contributed by atoms with Gasteiger partial charge in [0.15, 0.2) is 0 Å². The fourth-order valence-electron chi connectivity index (χ4n) is 1.89. The first-order chi connectivity index (χ1) is 8.86. The predicted molar refractivity (Wildman–Crippen MR) is 71.4 cm³/mol. The van der Waals surface area contributed by atoms with Crippen molar-refractivity contribution in [2.45, 2.75) is 0 Å². The summed E-state index contributed by atoms with van der Waals surface area (Å²) in [4.78, 5) is 15.2. The predicted octanol–water partition coefficient (Wildman–Crippen LogP) is 3.51. The molecule has 1 aromatic heterocycles. The van der Waals surface area contributed by atoms with Gasteiger partial charge < -0.3 is 0 Å². The molecule has 18 heavy (non-hydrogen) atoms. The van der Waals surface area contributed by atoms with E-state index >= 15 is 0 Å². The van der Waals surface area contributed by atoms with Crippen LogP contribution in [0.2, 0.25) is 0 Å². The Balaban J connectivity index is 2.10. The van der Waals surface area contributed by atoms with Gasteiger partial charge in [-0.2, -0.15) is 0 Å². The molecule has 0 bridgehead atoms. The number of hydrogen-bond donors (Lipinski definition) is 0. The fourth-order valence-corrected chi connectivity index (χ4v) is 1.89. The lowest BCUT2D eigenvalue weighted by Crippen LogP contribution is -1.86. The van der Waals surface area contributed by atoms with Crippen molar-refractivity contribution in [3.8, 4) is 11.3 Å². The van der Waals surface area contributed by atoms with Gasteiger partial charge in [0.05, 0.1) is 11.2 Å². The van der Waals surface area contributed by atoms with E-state index in [2.05, 4.69) is 11.1 Å². The minimum atomic E-state index is 0.625. The Bertz CT molecular complexity index is 702. The van der Waals surface area contributed by atoms with Gasteiger partial charge in [-0.25, -0.2) is 4.98 Å². The quantitative estimate of drug-likeness (QED) is 0.633. The first kappa shape index (κ1) is 10.7. The lowest BCUT2D eigenvalue weighted by molar-refractivity contribution is 0.112. The summed E-state index contributed by atoms with van der Waals surface area (Å²) in [6.07, 6.45) is 0.814. The molecular weight excluding hydrogens is 222 g/mol. The molecule has 2 nitrogen and oxygen atoms in total. The molecule has 0 saturated carbocycles. The van der Waals surface area contributed by atoms with E-state index in [0.29, 0.717) is 5.56 Å². The third kappa shape index (κ3) is 1.89. The molecule has 0 atom stereocenters. The summed E-state index contributed by atoms with van der Waals surface area (Å²) in [6, 6.07) is 20.4. The zero-order chi connectivity index (χ0) is 12.4. The van der Waals surface area contributed by atoms with Gasteiger partial charge in [-0.05, 0) is 24.3 Å². The van der Waals surface area contributed by atoms with Crippen molar-refractivity contribution >= 4 is 17.2 Å². The van der Waals surface area contributed by atoms with Crippen LogP contribution in [0.4, 0.5) is 0 Å². The molecule has 85 valence electrons. The van der Waals surface area contributed by atoms with Crippen LogP contribution in [-0.2, 0) is 0 Å². The van der Waals surface area contributed by atoms with Crippen LogP contribution in [0.5, 0.6) is 0 Å². The van der Waals surface area contributed by atoms with Crippen LogP contribution < -0.4 is 0 Å². The number of carbonyl (C=O) groups excluding carboxylic acids is 1. The Morgan fingerprint density at radius 1 is 1.00 bits per heavy atom. The molecule has 1 heterocycles. The van der Waals surface area contributed by atoms with Crippen molar-refractivity contribution in [2.24, 2.45) is 0 Å². The number of nitrogens with zero attached hydrogens (tertiary/aromatic N) is 1. The van der Waals surface area contributed by atoms with Crippen molar-refractivity contribution in [3.05, 3.63) is 66.2 Å². The number of benzene rings is 2. The fraction of sp³-hybridized carbons (Fsp3) is 0. The molecule has 1 radical (unpaired) electrons. The Morgan fingerprint density at radius 3 is 2.67 bits per heavy atom. The largest absolute Gasteiger partial charge is 0.298 e. The zero-order valence-corrected chi connectivity index (χ0v) is 9.63. The zero-order valence-electron chi connectivity index (χ0n) is 9.63. The molecular formula is C16H10NO. The average Bonchev–Trinajstić information content (AvgIpc) is 2.47. The molecule has 0 unspecified atom stereocenters. The maximum atomic E-state index is 10.6. The lowest BCUT2D eigenvalue weighted by Gasteiger charge is -2.03. The molecule has 2 aromatic carbocycles. The number of pyridine rings is 1. The number of rotatable bonds is 2. The van der Waals surface area contributed by atoms with E-state index in [1.807, 2.05) is 42.5 Å². The second kappa shape index (κ2) is 4.41. The molecule has 2 heteroatoms. The summed E-state index contributed by atoms with van der Waals surface area (Å²) in [5.74, 6) is 0. The summed E-state index contributed by atoms with van der Waals surface area (Å²) in [5, 5.41) is 1.12. The Hall–Kier alpha value is -2.48. The maximum Gasteiger partial charge on any atom is 0.150 e. The van der Waals surface area contributed by atoms with E-state index < -0.39 is 0 Å². The summed E-state index contributed by atoms with van der Waals surface area (Å²) >= 11 is 0. The Kier molecular flexibility index (Phi) is 2.61. The number of para-hydroxylation sites is 1. The van der Waals surface area contributed by atoms with Crippen molar-refractivity contribution < 1.29 is 4.79 Å². The number of aldehydes is 1. The van der Waals surface area contributed by atoms with Crippen LogP contribution in [0.1, 0.15) is 10.4 Å². The third-order valence-electron chi connectivity index (χ3n) is 2.85. The van der Waals surface area contributed by atoms with Gasteiger partial charge in [-0.1, -0.05) is 36.4 Å². The second-order valence-corrected chi connectivity index (χ2v) is 4.04. The van der Waals surface area contributed by atoms with Gasteiger partial charge >= 0.3 is 0 Å². The van der Waals surface area contributed by atoms with Crippen molar-refractivity contribution in [2.75, 3.05) is 0 Å².